The summed E-state index contributed by atoms with van der Waals surface area (Å²) < 4.78 is 4.98. The van der Waals surface area contributed by atoms with Crippen LogP contribution in [0.4, 0.5) is 11.5 Å². The Morgan fingerprint density at radius 2 is 2.40 bits per heavy atom. The molecule has 9 nitrogen and oxygen atoms in total. The smallest absolute Gasteiger partial charge is 0.311 e. The van der Waals surface area contributed by atoms with E-state index < -0.39 is 16.9 Å². The molecule has 0 aromatic carbocycles. The number of carbonyl (C=O) groups is 1. The minimum Gasteiger partial charge on any atom is -0.481 e. The number of pyridine rings is 1. The van der Waals surface area contributed by atoms with Crippen LogP contribution in [0.5, 0.6) is 5.88 Å². The van der Waals surface area contributed by atoms with Crippen LogP contribution in [-0.2, 0) is 4.79 Å². The largest absolute Gasteiger partial charge is 0.481 e. The van der Waals surface area contributed by atoms with Gasteiger partial charge in [-0.1, -0.05) is 0 Å². The number of ether oxygens (including phenoxy) is 1. The molecule has 2 heterocycles. The first-order valence-corrected chi connectivity index (χ1v) is 6.00. The van der Waals surface area contributed by atoms with E-state index in [0.717, 1.165) is 0 Å². The molecule has 1 fully saturated rings. The molecule has 9 heteroatoms. The maximum atomic E-state index is 11.5. The molecular formula is C11H15N5O4. The van der Waals surface area contributed by atoms with E-state index in [4.69, 9.17) is 10.5 Å². The number of rotatable bonds is 4. The van der Waals surface area contributed by atoms with E-state index in [1.807, 2.05) is 0 Å². The number of nitrogens with two attached hydrogens (primary N) is 1. The van der Waals surface area contributed by atoms with Gasteiger partial charge in [-0.2, -0.15) is 4.98 Å². The normalized spacial score (nSPS) is 18.6. The van der Waals surface area contributed by atoms with Crippen molar-refractivity contribution in [3.63, 3.8) is 0 Å². The van der Waals surface area contributed by atoms with Gasteiger partial charge in [-0.15, -0.1) is 0 Å². The van der Waals surface area contributed by atoms with Crippen molar-refractivity contribution in [2.75, 3.05) is 31.6 Å². The molecule has 1 unspecified atom stereocenters. The standard InChI is InChI=1S/C11H15N5O4/c1-20-9-3-2-7(16(18)19)11(14-9)15-5-4-13-6-8(15)10(12)17/h2-3,8,13H,4-6H2,1H3,(H2,12,17). The summed E-state index contributed by atoms with van der Waals surface area (Å²) in [5.41, 5.74) is 5.16. The van der Waals surface area contributed by atoms with Crippen LogP contribution in [0.3, 0.4) is 0 Å². The van der Waals surface area contributed by atoms with Gasteiger partial charge < -0.3 is 20.7 Å². The highest BCUT2D eigenvalue weighted by atomic mass is 16.6. The quantitative estimate of drug-likeness (QED) is 0.550. The Morgan fingerprint density at radius 1 is 1.65 bits per heavy atom. The van der Waals surface area contributed by atoms with Gasteiger partial charge in [0.15, 0.2) is 0 Å². The fourth-order valence-electron chi connectivity index (χ4n) is 2.10. The molecule has 1 aromatic heterocycles. The summed E-state index contributed by atoms with van der Waals surface area (Å²) in [7, 11) is 1.42. The zero-order valence-corrected chi connectivity index (χ0v) is 10.9. The van der Waals surface area contributed by atoms with E-state index >= 15 is 0 Å². The number of primary amides is 1. The molecule has 1 atom stereocenters. The fraction of sp³-hybridized carbons (Fsp3) is 0.455. The van der Waals surface area contributed by atoms with Gasteiger partial charge in [0, 0.05) is 31.8 Å². The summed E-state index contributed by atoms with van der Waals surface area (Å²) in [4.78, 5) is 27.7. The molecule has 0 aliphatic carbocycles. The van der Waals surface area contributed by atoms with Crippen LogP contribution in [-0.4, -0.2) is 48.6 Å². The Morgan fingerprint density at radius 3 is 3.00 bits per heavy atom. The predicted octanol–water partition coefficient (Wildman–Crippen LogP) is -0.738. The third kappa shape index (κ3) is 2.62. The van der Waals surface area contributed by atoms with Gasteiger partial charge >= 0.3 is 5.69 Å². The van der Waals surface area contributed by atoms with E-state index in [-0.39, 0.29) is 17.4 Å². The number of piperazine rings is 1. The Labute approximate surface area is 114 Å². The van der Waals surface area contributed by atoms with Crippen LogP contribution in [0.1, 0.15) is 0 Å². The van der Waals surface area contributed by atoms with Crippen LogP contribution >= 0.6 is 0 Å². The second kappa shape index (κ2) is 5.70. The lowest BCUT2D eigenvalue weighted by Crippen LogP contribution is -2.57. The summed E-state index contributed by atoms with van der Waals surface area (Å²) in [6.07, 6.45) is 0. The number of nitro groups is 1. The number of hydrogen-bond donors (Lipinski definition) is 2. The molecule has 108 valence electrons. The summed E-state index contributed by atoms with van der Waals surface area (Å²) in [6, 6.07) is 2.03. The number of methoxy groups -OCH3 is 1. The van der Waals surface area contributed by atoms with Crippen molar-refractivity contribution < 1.29 is 14.5 Å². The zero-order chi connectivity index (χ0) is 14.7. The summed E-state index contributed by atoms with van der Waals surface area (Å²) >= 11 is 0. The maximum absolute atomic E-state index is 11.5. The molecule has 1 aromatic rings. The fourth-order valence-corrected chi connectivity index (χ4v) is 2.10. The molecule has 20 heavy (non-hydrogen) atoms. The van der Waals surface area contributed by atoms with Crippen LogP contribution < -0.4 is 20.7 Å². The molecule has 2 rings (SSSR count). The first kappa shape index (κ1) is 14.0. The predicted molar refractivity (Wildman–Crippen MR) is 70.6 cm³/mol. The molecule has 0 radical (unpaired) electrons. The number of amides is 1. The first-order chi connectivity index (χ1) is 9.54. The maximum Gasteiger partial charge on any atom is 0.311 e. The number of hydrogen-bond acceptors (Lipinski definition) is 7. The molecule has 1 amide bonds. The van der Waals surface area contributed by atoms with Gasteiger partial charge in [-0.3, -0.25) is 14.9 Å². The van der Waals surface area contributed by atoms with Crippen LogP contribution in [0.25, 0.3) is 0 Å². The van der Waals surface area contributed by atoms with Gasteiger partial charge in [-0.25, -0.2) is 0 Å². The summed E-state index contributed by atoms with van der Waals surface area (Å²) in [5, 5.41) is 14.1. The minimum absolute atomic E-state index is 0.0969. The average Bonchev–Trinajstić information content (AvgIpc) is 2.46. The van der Waals surface area contributed by atoms with Crippen LogP contribution in [0, 0.1) is 10.1 Å². The number of nitrogens with one attached hydrogen (secondary N) is 1. The van der Waals surface area contributed by atoms with E-state index in [1.54, 1.807) is 4.90 Å². The van der Waals surface area contributed by atoms with Crippen molar-refractivity contribution in [3.05, 3.63) is 22.2 Å². The molecule has 0 saturated carbocycles. The lowest BCUT2D eigenvalue weighted by molar-refractivity contribution is -0.384. The Kier molecular flexibility index (Phi) is 3.99. The average molecular weight is 281 g/mol. The second-order valence-corrected chi connectivity index (χ2v) is 4.27. The van der Waals surface area contributed by atoms with Gasteiger partial charge in [0.1, 0.15) is 6.04 Å². The molecule has 0 bridgehead atoms. The van der Waals surface area contributed by atoms with Gasteiger partial charge in [0.05, 0.1) is 12.0 Å². The van der Waals surface area contributed by atoms with Crippen molar-refractivity contribution in [1.29, 1.82) is 0 Å². The SMILES string of the molecule is COc1ccc([N+](=O)[O-])c(N2CCNCC2C(N)=O)n1. The number of anilines is 1. The van der Waals surface area contributed by atoms with E-state index in [2.05, 4.69) is 10.3 Å². The zero-order valence-electron chi connectivity index (χ0n) is 10.9. The molecule has 0 spiro atoms. The van der Waals surface area contributed by atoms with Crippen LogP contribution in [0.2, 0.25) is 0 Å². The number of carbonyl (C=O) groups excluding carboxylic acids is 1. The summed E-state index contributed by atoms with van der Waals surface area (Å²) in [6.45, 7) is 1.31. The Balaban J connectivity index is 2.47. The Bertz CT molecular complexity index is 536. The van der Waals surface area contributed by atoms with E-state index in [1.165, 1.54) is 19.2 Å². The number of nitrogens with zero attached hydrogens (tertiary/aromatic N) is 3. The van der Waals surface area contributed by atoms with Crippen LogP contribution in [0.15, 0.2) is 12.1 Å². The van der Waals surface area contributed by atoms with Gasteiger partial charge in [-0.05, 0) is 0 Å². The topological polar surface area (TPSA) is 124 Å². The summed E-state index contributed by atoms with van der Waals surface area (Å²) in [5.74, 6) is -0.219. The lowest BCUT2D eigenvalue weighted by atomic mass is 10.1. The first-order valence-electron chi connectivity index (χ1n) is 6.00. The molecule has 1 saturated heterocycles. The molecule has 1 aliphatic heterocycles. The van der Waals surface area contributed by atoms with E-state index in [9.17, 15) is 14.9 Å². The highest BCUT2D eigenvalue weighted by molar-refractivity contribution is 5.84. The van der Waals surface area contributed by atoms with Gasteiger partial charge in [0.2, 0.25) is 17.6 Å². The van der Waals surface area contributed by atoms with Crippen molar-refractivity contribution in [1.82, 2.24) is 10.3 Å². The van der Waals surface area contributed by atoms with Gasteiger partial charge in [0.25, 0.3) is 0 Å². The highest BCUT2D eigenvalue weighted by Gasteiger charge is 2.32. The Hall–Kier alpha value is -2.42. The molecule has 3 N–H and O–H groups in total. The second-order valence-electron chi connectivity index (χ2n) is 4.27. The van der Waals surface area contributed by atoms with Crippen molar-refractivity contribution in [2.24, 2.45) is 5.73 Å². The lowest BCUT2D eigenvalue weighted by Gasteiger charge is -2.34. The van der Waals surface area contributed by atoms with E-state index in [0.29, 0.717) is 19.6 Å². The monoisotopic (exact) mass is 281 g/mol. The number of aromatic nitrogens is 1. The minimum atomic E-state index is -0.679. The molecule has 1 aliphatic rings. The third-order valence-corrected chi connectivity index (χ3v) is 3.08. The van der Waals surface area contributed by atoms with Crippen molar-refractivity contribution in [2.45, 2.75) is 6.04 Å². The third-order valence-electron chi connectivity index (χ3n) is 3.08. The van der Waals surface area contributed by atoms with Crippen molar-refractivity contribution >= 4 is 17.4 Å². The highest BCUT2D eigenvalue weighted by Crippen LogP contribution is 2.30. The molecular weight excluding hydrogens is 266 g/mol. The van der Waals surface area contributed by atoms with Crippen molar-refractivity contribution in [3.8, 4) is 5.88 Å².